The van der Waals surface area contributed by atoms with Crippen LogP contribution in [0.2, 0.25) is 10.0 Å². The minimum atomic E-state index is -4.74. The van der Waals surface area contributed by atoms with Crippen molar-refractivity contribution >= 4 is 36.4 Å². The number of hydrogen-bond donors (Lipinski definition) is 0. The normalized spacial score (nSPS) is 10.1. The van der Waals surface area contributed by atoms with Crippen molar-refractivity contribution in [3.05, 3.63) is 28.2 Å². The molecule has 0 amide bonds. The van der Waals surface area contributed by atoms with Gasteiger partial charge in [-0.3, -0.25) is 0 Å². The van der Waals surface area contributed by atoms with E-state index in [4.69, 9.17) is 23.2 Å². The molecule has 0 unspecified atom stereocenters. The van der Waals surface area contributed by atoms with E-state index in [0.717, 1.165) is 12.1 Å². The van der Waals surface area contributed by atoms with E-state index in [1.54, 1.807) is 0 Å². The Balaban J connectivity index is 0. The second kappa shape index (κ2) is 7.44. The number of halogens is 2. The summed E-state index contributed by atoms with van der Waals surface area (Å²) >= 11 is 10.9. The van der Waals surface area contributed by atoms with Gasteiger partial charge in [0.2, 0.25) is 0 Å². The largest absolute Gasteiger partial charge is 1.00 e. The van der Waals surface area contributed by atoms with Crippen LogP contribution in [-0.4, -0.2) is 0 Å². The van der Waals surface area contributed by atoms with Crippen molar-refractivity contribution in [3.63, 3.8) is 0 Å². The quantitative estimate of drug-likeness (QED) is 0.377. The minimum Gasteiger partial charge on any atom is -0.683 e. The Bertz CT molecular complexity index is 285. The first-order chi connectivity index (χ1) is 5.39. The Morgan fingerprint density at radius 3 is 1.50 bits per heavy atom. The summed E-state index contributed by atoms with van der Waals surface area (Å²) in [7, 11) is -4.74. The van der Waals surface area contributed by atoms with Gasteiger partial charge in [-0.25, -0.2) is 0 Å². The molecule has 1 aromatic carbocycles. The molecule has 0 aliphatic heterocycles. The third kappa shape index (κ3) is 6.00. The molecule has 0 aromatic heterocycles. The summed E-state index contributed by atoms with van der Waals surface area (Å²) < 4.78 is 0. The predicted octanol–water partition coefficient (Wildman–Crippen LogP) is -6.53. The Hall–Kier alpha value is 2.11. The van der Waals surface area contributed by atoms with Crippen LogP contribution in [-0.2, 0) is 0 Å². The summed E-state index contributed by atoms with van der Waals surface area (Å²) in [6.45, 7) is 0. The van der Waals surface area contributed by atoms with Gasteiger partial charge in [0, 0.05) is 10.0 Å². The van der Waals surface area contributed by atoms with Crippen LogP contribution in [0, 0.1) is 0 Å². The van der Waals surface area contributed by atoms with Gasteiger partial charge in [-0.05, 0) is 18.2 Å². The Morgan fingerprint density at radius 2 is 1.21 bits per heavy atom. The molecular weight excluding hydrogens is 268 g/mol. The van der Waals surface area contributed by atoms with Gasteiger partial charge in [-0.2, -0.15) is 0 Å². The zero-order chi connectivity index (χ0) is 9.35. The monoisotopic (exact) mass is 270 g/mol. The van der Waals surface area contributed by atoms with Crippen LogP contribution >= 0.6 is 31.1 Å². The maximum atomic E-state index is 10.5. The molecule has 8 heteroatoms. The summed E-state index contributed by atoms with van der Waals surface area (Å²) in [5, 5.41) is -0.131. The van der Waals surface area contributed by atoms with Crippen LogP contribution in [0.4, 0.5) is 0 Å². The molecule has 66 valence electrons. The van der Waals surface area contributed by atoms with Gasteiger partial charge >= 0.3 is 59.1 Å². The van der Waals surface area contributed by atoms with Crippen LogP contribution < -0.4 is 79.1 Å². The fraction of sp³-hybridized carbons (Fsp3) is 0. The van der Waals surface area contributed by atoms with E-state index in [0.29, 0.717) is 0 Å². The van der Waals surface area contributed by atoms with Gasteiger partial charge in [0.25, 0.3) is 0 Å². The molecule has 0 heterocycles. The van der Waals surface area contributed by atoms with Gasteiger partial charge in [0.05, 0.1) is 5.30 Å². The molecular formula is C6H3Cl2Na2O3P. The molecule has 0 spiro atoms. The summed E-state index contributed by atoms with van der Waals surface area (Å²) in [5.74, 6) is 0. The van der Waals surface area contributed by atoms with Crippen molar-refractivity contribution in [2.75, 3.05) is 0 Å². The van der Waals surface area contributed by atoms with E-state index < -0.39 is 7.94 Å². The third-order valence-electron chi connectivity index (χ3n) is 1.16. The maximum Gasteiger partial charge on any atom is 1.00 e. The fourth-order valence-electron chi connectivity index (χ4n) is 0.697. The first-order valence-electron chi connectivity index (χ1n) is 2.88. The summed E-state index contributed by atoms with van der Waals surface area (Å²) in [5.41, 5.74) is 0. The molecule has 0 radical (unpaired) electrons. The van der Waals surface area contributed by atoms with E-state index in [9.17, 15) is 14.7 Å². The Morgan fingerprint density at radius 1 is 0.857 bits per heavy atom. The average molecular weight is 271 g/mol. The third-order valence-corrected chi connectivity index (χ3v) is 2.49. The number of rotatable bonds is 1. The van der Waals surface area contributed by atoms with Crippen LogP contribution in [0.1, 0.15) is 0 Å². The fourth-order valence-corrected chi connectivity index (χ4v) is 1.97. The van der Waals surface area contributed by atoms with E-state index in [1.807, 2.05) is 0 Å². The maximum absolute atomic E-state index is 10.5. The SMILES string of the molecule is [Na+].[Na+].[O-][P+]([O-])([O-])c1cc(Cl)cc(Cl)c1. The standard InChI is InChI=1S/C6H5Cl2O3P.2Na/c7-4-1-5(8)3-6(2-4)12(9,10)11;;/h1-3H,(H2,9,10,11);;/q;2*+1/p-2. The van der Waals surface area contributed by atoms with Crippen molar-refractivity contribution in [2.24, 2.45) is 0 Å². The molecule has 0 saturated carbocycles. The molecule has 0 saturated heterocycles. The molecule has 0 atom stereocenters. The molecule has 0 N–H and O–H groups in total. The second-order valence-electron chi connectivity index (χ2n) is 2.13. The first kappa shape index (κ1) is 18.5. The predicted molar refractivity (Wildman–Crippen MR) is 43.0 cm³/mol. The molecule has 3 nitrogen and oxygen atoms in total. The second-order valence-corrected chi connectivity index (χ2v) is 4.51. The zero-order valence-corrected chi connectivity index (χ0v) is 14.1. The molecule has 0 bridgehead atoms. The van der Waals surface area contributed by atoms with Gasteiger partial charge in [0.1, 0.15) is 0 Å². The van der Waals surface area contributed by atoms with Crippen LogP contribution in [0.3, 0.4) is 0 Å². The Labute approximate surface area is 137 Å². The summed E-state index contributed by atoms with van der Waals surface area (Å²) in [6.07, 6.45) is 0. The van der Waals surface area contributed by atoms with E-state index >= 15 is 0 Å². The van der Waals surface area contributed by atoms with E-state index in [-0.39, 0.29) is 74.5 Å². The van der Waals surface area contributed by atoms with Crippen molar-refractivity contribution < 1.29 is 73.8 Å². The molecule has 0 fully saturated rings. The summed E-state index contributed by atoms with van der Waals surface area (Å²) in [6, 6.07) is 3.48. The van der Waals surface area contributed by atoms with E-state index in [2.05, 4.69) is 0 Å². The minimum absolute atomic E-state index is 0. The topological polar surface area (TPSA) is 69.2 Å². The molecule has 0 aliphatic carbocycles. The number of hydrogen-bond acceptors (Lipinski definition) is 3. The van der Waals surface area contributed by atoms with Gasteiger partial charge < -0.3 is 14.7 Å². The van der Waals surface area contributed by atoms with Gasteiger partial charge in [-0.15, -0.1) is 7.94 Å². The Kier molecular flexibility index (Phi) is 9.82. The number of benzene rings is 1. The van der Waals surface area contributed by atoms with Crippen LogP contribution in [0.5, 0.6) is 0 Å². The van der Waals surface area contributed by atoms with Crippen LogP contribution in [0.15, 0.2) is 18.2 Å². The first-order valence-corrected chi connectivity index (χ1v) is 5.18. The van der Waals surface area contributed by atoms with Crippen molar-refractivity contribution in [3.8, 4) is 0 Å². The van der Waals surface area contributed by atoms with Crippen molar-refractivity contribution in [1.82, 2.24) is 0 Å². The van der Waals surface area contributed by atoms with E-state index in [1.165, 1.54) is 6.07 Å². The molecule has 14 heavy (non-hydrogen) atoms. The van der Waals surface area contributed by atoms with Crippen molar-refractivity contribution in [1.29, 1.82) is 0 Å². The molecule has 1 rings (SSSR count). The van der Waals surface area contributed by atoms with Crippen LogP contribution in [0.25, 0.3) is 0 Å². The average Bonchev–Trinajstić information content (AvgIpc) is 1.82. The van der Waals surface area contributed by atoms with Gasteiger partial charge in [0.15, 0.2) is 0 Å². The smallest absolute Gasteiger partial charge is 0.683 e. The van der Waals surface area contributed by atoms with Crippen molar-refractivity contribution in [2.45, 2.75) is 0 Å². The zero-order valence-electron chi connectivity index (χ0n) is 7.66. The summed E-state index contributed by atoms with van der Waals surface area (Å²) in [4.78, 5) is 31.5. The molecule has 0 aliphatic rings. The molecule has 1 aromatic rings. The van der Waals surface area contributed by atoms with Gasteiger partial charge in [-0.1, -0.05) is 23.2 Å².